The lowest BCUT2D eigenvalue weighted by Crippen LogP contribution is -2.07. The summed E-state index contributed by atoms with van der Waals surface area (Å²) in [5.74, 6) is -0.111. The smallest absolute Gasteiger partial charge is 0.248 e. The number of nitrogens with one attached hydrogen (secondary N) is 1. The molecule has 1 N–H and O–H groups in total. The second-order valence-electron chi connectivity index (χ2n) is 5.03. The highest BCUT2D eigenvalue weighted by molar-refractivity contribution is 6.01. The highest BCUT2D eigenvalue weighted by Gasteiger charge is 1.98. The Morgan fingerprint density at radius 3 is 2.43 bits per heavy atom. The molecule has 2 heteroatoms. The lowest BCUT2D eigenvalue weighted by atomic mass is 10.1. The summed E-state index contributed by atoms with van der Waals surface area (Å²) in [6.07, 6.45) is 6.86. The molecule has 2 aromatic rings. The third-order valence-electron chi connectivity index (χ3n) is 3.27. The predicted molar refractivity (Wildman–Crippen MR) is 89.2 cm³/mol. The van der Waals surface area contributed by atoms with Gasteiger partial charge in [0.1, 0.15) is 0 Å². The minimum atomic E-state index is -0.111. The van der Waals surface area contributed by atoms with Crippen molar-refractivity contribution in [3.63, 3.8) is 0 Å². The zero-order valence-corrected chi connectivity index (χ0v) is 12.4. The number of aryl methyl sites for hydroxylation is 1. The first-order chi connectivity index (χ1) is 10.3. The molecule has 2 rings (SSSR count). The topological polar surface area (TPSA) is 29.1 Å². The molecule has 0 fully saturated rings. The van der Waals surface area contributed by atoms with Gasteiger partial charge in [0.15, 0.2) is 0 Å². The average Bonchev–Trinajstić information content (AvgIpc) is 2.53. The Labute approximate surface area is 126 Å². The minimum Gasteiger partial charge on any atom is -0.323 e. The summed E-state index contributed by atoms with van der Waals surface area (Å²) in [5, 5.41) is 2.87. The van der Waals surface area contributed by atoms with Gasteiger partial charge in [0.2, 0.25) is 5.91 Å². The lowest BCUT2D eigenvalue weighted by Gasteiger charge is -2.04. The Kier molecular flexibility index (Phi) is 5.77. The molecule has 0 spiro atoms. The van der Waals surface area contributed by atoms with E-state index in [-0.39, 0.29) is 5.91 Å². The van der Waals surface area contributed by atoms with E-state index >= 15 is 0 Å². The molecule has 0 atom stereocenters. The SMILES string of the molecule is CCCCc1ccc(NC(=O)/C=C/c2ccccc2)cc1. The monoisotopic (exact) mass is 279 g/mol. The molecule has 0 unspecified atom stereocenters. The van der Waals surface area contributed by atoms with Crippen molar-refractivity contribution < 1.29 is 4.79 Å². The second-order valence-corrected chi connectivity index (χ2v) is 5.03. The Balaban J connectivity index is 1.89. The predicted octanol–water partition coefficient (Wildman–Crippen LogP) is 4.68. The van der Waals surface area contributed by atoms with Gasteiger partial charge >= 0.3 is 0 Å². The van der Waals surface area contributed by atoms with Gasteiger partial charge in [0, 0.05) is 11.8 Å². The van der Waals surface area contributed by atoms with Crippen LogP contribution in [0.25, 0.3) is 6.08 Å². The fourth-order valence-corrected chi connectivity index (χ4v) is 2.06. The maximum Gasteiger partial charge on any atom is 0.248 e. The Hall–Kier alpha value is -2.35. The van der Waals surface area contributed by atoms with Crippen molar-refractivity contribution in [2.45, 2.75) is 26.2 Å². The molecule has 0 saturated carbocycles. The van der Waals surface area contributed by atoms with E-state index in [4.69, 9.17) is 0 Å². The molecule has 0 bridgehead atoms. The molecule has 108 valence electrons. The van der Waals surface area contributed by atoms with E-state index in [0.29, 0.717) is 0 Å². The van der Waals surface area contributed by atoms with Gasteiger partial charge < -0.3 is 5.32 Å². The van der Waals surface area contributed by atoms with Crippen LogP contribution in [0.2, 0.25) is 0 Å². The van der Waals surface area contributed by atoms with Crippen molar-refractivity contribution in [2.75, 3.05) is 5.32 Å². The number of carbonyl (C=O) groups excluding carboxylic acids is 1. The van der Waals surface area contributed by atoms with Crippen LogP contribution in [-0.2, 0) is 11.2 Å². The van der Waals surface area contributed by atoms with Crippen LogP contribution < -0.4 is 5.32 Å². The fourth-order valence-electron chi connectivity index (χ4n) is 2.06. The van der Waals surface area contributed by atoms with Gasteiger partial charge in [-0.2, -0.15) is 0 Å². The number of hydrogen-bond donors (Lipinski definition) is 1. The van der Waals surface area contributed by atoms with Crippen LogP contribution in [0.4, 0.5) is 5.69 Å². The number of unbranched alkanes of at least 4 members (excludes halogenated alkanes) is 1. The van der Waals surface area contributed by atoms with E-state index in [1.54, 1.807) is 6.08 Å². The van der Waals surface area contributed by atoms with Crippen LogP contribution in [-0.4, -0.2) is 5.91 Å². The quantitative estimate of drug-likeness (QED) is 0.764. The van der Waals surface area contributed by atoms with E-state index in [0.717, 1.165) is 17.7 Å². The van der Waals surface area contributed by atoms with Crippen molar-refractivity contribution in [2.24, 2.45) is 0 Å². The summed E-state index contributed by atoms with van der Waals surface area (Å²) < 4.78 is 0. The van der Waals surface area contributed by atoms with E-state index < -0.39 is 0 Å². The normalized spacial score (nSPS) is 10.7. The third kappa shape index (κ3) is 5.27. The van der Waals surface area contributed by atoms with Crippen LogP contribution in [0.3, 0.4) is 0 Å². The van der Waals surface area contributed by atoms with Crippen molar-refractivity contribution in [1.29, 1.82) is 0 Å². The van der Waals surface area contributed by atoms with Crippen LogP contribution in [0.15, 0.2) is 60.7 Å². The number of rotatable bonds is 6. The van der Waals surface area contributed by atoms with Gasteiger partial charge in [-0.05, 0) is 42.2 Å². The van der Waals surface area contributed by atoms with Crippen LogP contribution in [0.1, 0.15) is 30.9 Å². The first-order valence-corrected chi connectivity index (χ1v) is 7.41. The molecule has 0 aromatic heterocycles. The number of benzene rings is 2. The number of anilines is 1. The maximum atomic E-state index is 11.8. The van der Waals surface area contributed by atoms with Crippen molar-refractivity contribution in [1.82, 2.24) is 0 Å². The summed E-state index contributed by atoms with van der Waals surface area (Å²) in [6.45, 7) is 2.19. The minimum absolute atomic E-state index is 0.111. The molecule has 0 heterocycles. The molecule has 0 aliphatic heterocycles. The van der Waals surface area contributed by atoms with Crippen molar-refractivity contribution >= 4 is 17.7 Å². The van der Waals surface area contributed by atoms with E-state index in [1.165, 1.54) is 18.4 Å². The van der Waals surface area contributed by atoms with Crippen LogP contribution in [0, 0.1) is 0 Å². The number of amides is 1. The van der Waals surface area contributed by atoms with Crippen LogP contribution >= 0.6 is 0 Å². The number of carbonyl (C=O) groups is 1. The van der Waals surface area contributed by atoms with Crippen molar-refractivity contribution in [3.05, 3.63) is 71.8 Å². The summed E-state index contributed by atoms with van der Waals surface area (Å²) in [6, 6.07) is 17.9. The molecular formula is C19H21NO. The van der Waals surface area contributed by atoms with Gasteiger partial charge in [0.25, 0.3) is 0 Å². The van der Waals surface area contributed by atoms with Gasteiger partial charge in [-0.15, -0.1) is 0 Å². The van der Waals surface area contributed by atoms with Gasteiger partial charge in [-0.1, -0.05) is 55.8 Å². The lowest BCUT2D eigenvalue weighted by molar-refractivity contribution is -0.111. The maximum absolute atomic E-state index is 11.8. The Bertz CT molecular complexity index is 585. The summed E-state index contributed by atoms with van der Waals surface area (Å²) >= 11 is 0. The van der Waals surface area contributed by atoms with Gasteiger partial charge in [-0.3, -0.25) is 4.79 Å². The highest BCUT2D eigenvalue weighted by Crippen LogP contribution is 2.12. The molecule has 1 amide bonds. The molecule has 2 aromatic carbocycles. The first-order valence-electron chi connectivity index (χ1n) is 7.41. The van der Waals surface area contributed by atoms with Crippen LogP contribution in [0.5, 0.6) is 0 Å². The van der Waals surface area contributed by atoms with E-state index in [9.17, 15) is 4.79 Å². The third-order valence-corrected chi connectivity index (χ3v) is 3.27. The highest BCUT2D eigenvalue weighted by atomic mass is 16.1. The number of hydrogen-bond acceptors (Lipinski definition) is 1. The standard InChI is InChI=1S/C19H21NO/c1-2-3-7-17-10-13-18(14-11-17)20-19(21)15-12-16-8-5-4-6-9-16/h4-6,8-15H,2-3,7H2,1H3,(H,20,21)/b15-12+. The summed E-state index contributed by atoms with van der Waals surface area (Å²) in [7, 11) is 0. The average molecular weight is 279 g/mol. The van der Waals surface area contributed by atoms with Crippen molar-refractivity contribution in [3.8, 4) is 0 Å². The molecular weight excluding hydrogens is 258 g/mol. The summed E-state index contributed by atoms with van der Waals surface area (Å²) in [5.41, 5.74) is 3.16. The van der Waals surface area contributed by atoms with Gasteiger partial charge in [-0.25, -0.2) is 0 Å². The molecule has 0 saturated heterocycles. The zero-order chi connectivity index (χ0) is 14.9. The van der Waals surface area contributed by atoms with E-state index in [2.05, 4.69) is 24.4 Å². The van der Waals surface area contributed by atoms with E-state index in [1.807, 2.05) is 48.5 Å². The Morgan fingerprint density at radius 1 is 1.05 bits per heavy atom. The fraction of sp³-hybridized carbons (Fsp3) is 0.211. The van der Waals surface area contributed by atoms with Gasteiger partial charge in [0.05, 0.1) is 0 Å². The second kappa shape index (κ2) is 8.05. The first kappa shape index (κ1) is 15.0. The largest absolute Gasteiger partial charge is 0.323 e. The molecule has 0 aliphatic carbocycles. The molecule has 2 nitrogen and oxygen atoms in total. The molecule has 0 radical (unpaired) electrons. The summed E-state index contributed by atoms with van der Waals surface area (Å²) in [4.78, 5) is 11.8. The molecule has 21 heavy (non-hydrogen) atoms. The zero-order valence-electron chi connectivity index (χ0n) is 12.4. The molecule has 0 aliphatic rings. The Morgan fingerprint density at radius 2 is 1.76 bits per heavy atom.